The number of carbonyl (C=O) groups is 1. The van der Waals surface area contributed by atoms with Crippen LogP contribution in [0.25, 0.3) is 10.2 Å². The summed E-state index contributed by atoms with van der Waals surface area (Å²) in [6.45, 7) is 1.57. The number of likely N-dealkylation sites (tertiary alicyclic amines) is 1. The van der Waals surface area contributed by atoms with E-state index in [0.29, 0.717) is 26.1 Å². The normalized spacial score (nSPS) is 23.6. The van der Waals surface area contributed by atoms with Crippen LogP contribution in [0.4, 0.5) is 9.93 Å². The summed E-state index contributed by atoms with van der Waals surface area (Å²) in [5.41, 5.74) is 8.29. The number of anilines is 1. The van der Waals surface area contributed by atoms with Gasteiger partial charge in [0.25, 0.3) is 0 Å². The molecule has 122 valence electrons. The SMILES string of the molecule is N[C@H]1CCN(C(=O)O)C[C@H]1Nc1nc2c3c(ccc2s1)OCC3. The molecule has 2 aliphatic rings. The highest BCUT2D eigenvalue weighted by atomic mass is 32.1. The third-order valence-electron chi connectivity index (χ3n) is 4.48. The summed E-state index contributed by atoms with van der Waals surface area (Å²) in [6.07, 6.45) is 0.631. The van der Waals surface area contributed by atoms with Crippen molar-refractivity contribution in [3.63, 3.8) is 0 Å². The average Bonchev–Trinajstić information content (AvgIpc) is 3.14. The first-order valence-electron chi connectivity index (χ1n) is 7.67. The van der Waals surface area contributed by atoms with E-state index in [4.69, 9.17) is 15.6 Å². The zero-order valence-corrected chi connectivity index (χ0v) is 13.3. The predicted molar refractivity (Wildman–Crippen MR) is 88.4 cm³/mol. The van der Waals surface area contributed by atoms with E-state index in [2.05, 4.69) is 10.3 Å². The van der Waals surface area contributed by atoms with Crippen LogP contribution in [0.3, 0.4) is 0 Å². The summed E-state index contributed by atoms with van der Waals surface area (Å²) in [5.74, 6) is 0.917. The van der Waals surface area contributed by atoms with Gasteiger partial charge in [-0.25, -0.2) is 9.78 Å². The Morgan fingerprint density at radius 3 is 3.22 bits per heavy atom. The van der Waals surface area contributed by atoms with Gasteiger partial charge in [-0.05, 0) is 18.6 Å². The van der Waals surface area contributed by atoms with E-state index >= 15 is 0 Å². The highest BCUT2D eigenvalue weighted by Gasteiger charge is 2.30. The number of nitrogens with one attached hydrogen (secondary N) is 1. The molecule has 1 amide bonds. The molecule has 1 aromatic carbocycles. The van der Waals surface area contributed by atoms with Crippen LogP contribution < -0.4 is 15.8 Å². The van der Waals surface area contributed by atoms with E-state index in [1.165, 1.54) is 4.90 Å². The number of fused-ring (bicyclic) bond motifs is 3. The summed E-state index contributed by atoms with van der Waals surface area (Å²) in [6, 6.07) is 3.81. The number of carboxylic acid groups (broad SMARTS) is 1. The Kier molecular flexibility index (Phi) is 3.50. The average molecular weight is 334 g/mol. The number of hydrogen-bond donors (Lipinski definition) is 3. The maximum atomic E-state index is 11.2. The van der Waals surface area contributed by atoms with Gasteiger partial charge < -0.3 is 25.8 Å². The second kappa shape index (κ2) is 5.54. The van der Waals surface area contributed by atoms with E-state index in [1.54, 1.807) is 11.3 Å². The maximum absolute atomic E-state index is 11.2. The van der Waals surface area contributed by atoms with Gasteiger partial charge in [-0.15, -0.1) is 0 Å². The molecule has 7 nitrogen and oxygen atoms in total. The number of amides is 1. The summed E-state index contributed by atoms with van der Waals surface area (Å²) in [5, 5.41) is 13.3. The minimum Gasteiger partial charge on any atom is -0.493 e. The standard InChI is InChI=1S/C15H18N4O3S/c16-9-3-5-19(15(20)21)7-10(9)17-14-18-13-8-4-6-22-11(8)1-2-12(13)23-14/h1-2,9-10H,3-7,16H2,(H,17,18)(H,20,21)/t9-,10+/m0/s1. The van der Waals surface area contributed by atoms with E-state index < -0.39 is 6.09 Å². The number of thiazole rings is 1. The van der Waals surface area contributed by atoms with Crippen LogP contribution in [-0.4, -0.2) is 52.9 Å². The number of benzene rings is 1. The number of piperidine rings is 1. The lowest BCUT2D eigenvalue weighted by molar-refractivity contribution is 0.129. The van der Waals surface area contributed by atoms with Crippen LogP contribution in [0.5, 0.6) is 5.75 Å². The molecule has 2 aromatic rings. The zero-order chi connectivity index (χ0) is 16.0. The lowest BCUT2D eigenvalue weighted by Crippen LogP contribution is -2.55. The fourth-order valence-corrected chi connectivity index (χ4v) is 4.14. The minimum absolute atomic E-state index is 0.0772. The van der Waals surface area contributed by atoms with E-state index in [-0.39, 0.29) is 12.1 Å². The smallest absolute Gasteiger partial charge is 0.407 e. The topological polar surface area (TPSA) is 101 Å². The maximum Gasteiger partial charge on any atom is 0.407 e. The van der Waals surface area contributed by atoms with Crippen LogP contribution in [0, 0.1) is 0 Å². The Balaban J connectivity index is 1.58. The Morgan fingerprint density at radius 1 is 1.52 bits per heavy atom. The van der Waals surface area contributed by atoms with Crippen LogP contribution in [0.1, 0.15) is 12.0 Å². The molecule has 1 aromatic heterocycles. The molecule has 4 N–H and O–H groups in total. The molecule has 0 unspecified atom stereocenters. The first kappa shape index (κ1) is 14.5. The molecule has 2 atom stereocenters. The predicted octanol–water partition coefficient (Wildman–Crippen LogP) is 1.72. The van der Waals surface area contributed by atoms with Crippen LogP contribution in [0.15, 0.2) is 12.1 Å². The molecule has 0 spiro atoms. The molecule has 0 bridgehead atoms. The summed E-state index contributed by atoms with van der Waals surface area (Å²) in [7, 11) is 0. The third-order valence-corrected chi connectivity index (χ3v) is 5.43. The molecule has 2 aliphatic heterocycles. The van der Waals surface area contributed by atoms with Crippen LogP contribution in [-0.2, 0) is 6.42 Å². The van der Waals surface area contributed by atoms with Gasteiger partial charge >= 0.3 is 6.09 Å². The largest absolute Gasteiger partial charge is 0.493 e. The van der Waals surface area contributed by atoms with Crippen molar-refractivity contribution in [3.05, 3.63) is 17.7 Å². The molecule has 0 aliphatic carbocycles. The number of hydrogen-bond acceptors (Lipinski definition) is 6. The second-order valence-corrected chi connectivity index (χ2v) is 6.97. The lowest BCUT2D eigenvalue weighted by atomic mass is 10.0. The van der Waals surface area contributed by atoms with Crippen LogP contribution in [0.2, 0.25) is 0 Å². The first-order valence-corrected chi connectivity index (χ1v) is 8.48. The van der Waals surface area contributed by atoms with Crippen molar-refractivity contribution in [3.8, 4) is 5.75 Å². The molecular formula is C15H18N4O3S. The molecule has 1 fully saturated rings. The molecule has 8 heteroatoms. The number of ether oxygens (including phenoxy) is 1. The summed E-state index contributed by atoms with van der Waals surface area (Å²) < 4.78 is 6.68. The fraction of sp³-hybridized carbons (Fsp3) is 0.467. The molecule has 4 rings (SSSR count). The molecule has 3 heterocycles. The Hall–Kier alpha value is -2.06. The van der Waals surface area contributed by atoms with Crippen molar-refractivity contribution >= 4 is 32.8 Å². The van der Waals surface area contributed by atoms with Gasteiger partial charge in [0.05, 0.1) is 22.9 Å². The third kappa shape index (κ3) is 2.57. The highest BCUT2D eigenvalue weighted by Crippen LogP contribution is 2.36. The number of nitrogens with zero attached hydrogens (tertiary/aromatic N) is 2. The Morgan fingerprint density at radius 2 is 2.39 bits per heavy atom. The van der Waals surface area contributed by atoms with Gasteiger partial charge in [0.15, 0.2) is 5.13 Å². The van der Waals surface area contributed by atoms with Crippen molar-refractivity contribution in [2.45, 2.75) is 24.9 Å². The van der Waals surface area contributed by atoms with Gasteiger partial charge in [-0.3, -0.25) is 0 Å². The Labute approximate surface area is 137 Å². The van der Waals surface area contributed by atoms with Gasteiger partial charge in [-0.1, -0.05) is 11.3 Å². The number of rotatable bonds is 2. The van der Waals surface area contributed by atoms with Gasteiger partial charge in [-0.2, -0.15) is 0 Å². The van der Waals surface area contributed by atoms with Crippen molar-refractivity contribution < 1.29 is 14.6 Å². The fourth-order valence-electron chi connectivity index (χ4n) is 3.19. The molecular weight excluding hydrogens is 316 g/mol. The van der Waals surface area contributed by atoms with Crippen molar-refractivity contribution in [2.75, 3.05) is 25.0 Å². The van der Waals surface area contributed by atoms with E-state index in [1.807, 2.05) is 12.1 Å². The highest BCUT2D eigenvalue weighted by molar-refractivity contribution is 7.22. The second-order valence-electron chi connectivity index (χ2n) is 5.94. The molecule has 23 heavy (non-hydrogen) atoms. The summed E-state index contributed by atoms with van der Waals surface area (Å²) >= 11 is 1.57. The molecule has 1 saturated heterocycles. The number of nitrogens with two attached hydrogens (primary N) is 1. The van der Waals surface area contributed by atoms with Crippen molar-refractivity contribution in [2.24, 2.45) is 5.73 Å². The van der Waals surface area contributed by atoms with Crippen LogP contribution >= 0.6 is 11.3 Å². The summed E-state index contributed by atoms with van der Waals surface area (Å²) in [4.78, 5) is 17.2. The monoisotopic (exact) mass is 334 g/mol. The minimum atomic E-state index is -0.900. The van der Waals surface area contributed by atoms with Gasteiger partial charge in [0, 0.05) is 31.1 Å². The first-order chi connectivity index (χ1) is 11.1. The van der Waals surface area contributed by atoms with E-state index in [9.17, 15) is 4.79 Å². The molecule has 0 saturated carbocycles. The van der Waals surface area contributed by atoms with Gasteiger partial charge in [0.1, 0.15) is 5.75 Å². The molecule has 0 radical (unpaired) electrons. The van der Waals surface area contributed by atoms with E-state index in [0.717, 1.165) is 33.1 Å². The lowest BCUT2D eigenvalue weighted by Gasteiger charge is -2.35. The van der Waals surface area contributed by atoms with Gasteiger partial charge in [0.2, 0.25) is 0 Å². The quantitative estimate of drug-likeness (QED) is 0.773. The Bertz CT molecular complexity index is 763. The van der Waals surface area contributed by atoms with Crippen molar-refractivity contribution in [1.29, 1.82) is 0 Å². The van der Waals surface area contributed by atoms with Crippen molar-refractivity contribution in [1.82, 2.24) is 9.88 Å². The number of aromatic nitrogens is 1. The zero-order valence-electron chi connectivity index (χ0n) is 12.5.